The van der Waals surface area contributed by atoms with Gasteiger partial charge in [0.2, 0.25) is 0 Å². The quantitative estimate of drug-likeness (QED) is 0.770. The van der Waals surface area contributed by atoms with Gasteiger partial charge in [-0.15, -0.1) is 5.10 Å². The van der Waals surface area contributed by atoms with Gasteiger partial charge in [-0.2, -0.15) is 0 Å². The van der Waals surface area contributed by atoms with Crippen LogP contribution in [0.25, 0.3) is 0 Å². The predicted octanol–water partition coefficient (Wildman–Crippen LogP) is 4.36. The van der Waals surface area contributed by atoms with E-state index in [1.165, 1.54) is 29.8 Å². The summed E-state index contributed by atoms with van der Waals surface area (Å²) in [6.45, 7) is 12.4. The number of hydrogen-bond acceptors (Lipinski definition) is 4. The number of aryl methyl sites for hydroxylation is 1. The Bertz CT molecular complexity index is 355. The number of aromatic nitrogens is 2. The molecule has 19 heavy (non-hydrogen) atoms. The van der Waals surface area contributed by atoms with E-state index in [0.717, 1.165) is 19.4 Å². The zero-order valence-corrected chi connectivity index (χ0v) is 13.9. The predicted molar refractivity (Wildman–Crippen MR) is 83.6 cm³/mol. The zero-order chi connectivity index (χ0) is 14.3. The topological polar surface area (TPSA) is 37.8 Å². The fourth-order valence-electron chi connectivity index (χ4n) is 2.11. The molecule has 110 valence electrons. The molecule has 0 aliphatic carbocycles. The smallest absolute Gasteiger partial charge is 0.0803 e. The molecule has 1 rings (SSSR count). The van der Waals surface area contributed by atoms with Crippen molar-refractivity contribution in [2.45, 2.75) is 72.8 Å². The van der Waals surface area contributed by atoms with Gasteiger partial charge in [0, 0.05) is 6.04 Å². The van der Waals surface area contributed by atoms with Gasteiger partial charge in [-0.05, 0) is 49.2 Å². The molecule has 1 atom stereocenters. The lowest BCUT2D eigenvalue weighted by atomic mass is 9.88. The van der Waals surface area contributed by atoms with Crippen LogP contribution < -0.4 is 5.32 Å². The van der Waals surface area contributed by atoms with E-state index in [0.29, 0.717) is 11.5 Å². The van der Waals surface area contributed by atoms with Crippen LogP contribution >= 0.6 is 11.5 Å². The monoisotopic (exact) mass is 283 g/mol. The first-order chi connectivity index (χ1) is 8.98. The summed E-state index contributed by atoms with van der Waals surface area (Å²) >= 11 is 1.58. The molecule has 0 aromatic carbocycles. The second-order valence-corrected chi connectivity index (χ2v) is 7.23. The van der Waals surface area contributed by atoms with Crippen molar-refractivity contribution in [3.8, 4) is 0 Å². The number of hydrogen-bond donors (Lipinski definition) is 1. The fourth-order valence-corrected chi connectivity index (χ4v) is 2.92. The second kappa shape index (κ2) is 7.95. The third-order valence-electron chi connectivity index (χ3n) is 3.21. The lowest BCUT2D eigenvalue weighted by molar-refractivity contribution is 0.333. The molecule has 1 N–H and O–H groups in total. The molecule has 0 amide bonds. The third kappa shape index (κ3) is 6.00. The molecule has 4 heteroatoms. The maximum Gasteiger partial charge on any atom is 0.0803 e. The van der Waals surface area contributed by atoms with Gasteiger partial charge in [0.1, 0.15) is 0 Å². The van der Waals surface area contributed by atoms with Gasteiger partial charge in [-0.25, -0.2) is 0 Å². The van der Waals surface area contributed by atoms with Crippen molar-refractivity contribution in [2.24, 2.45) is 5.41 Å². The average molecular weight is 283 g/mol. The highest BCUT2D eigenvalue weighted by Gasteiger charge is 2.21. The summed E-state index contributed by atoms with van der Waals surface area (Å²) in [7, 11) is 0. The van der Waals surface area contributed by atoms with Crippen LogP contribution in [0, 0.1) is 5.41 Å². The Morgan fingerprint density at radius 1 is 1.21 bits per heavy atom. The molecule has 0 radical (unpaired) electrons. The van der Waals surface area contributed by atoms with Gasteiger partial charge < -0.3 is 5.32 Å². The molecule has 0 aliphatic heterocycles. The van der Waals surface area contributed by atoms with E-state index in [9.17, 15) is 0 Å². The SMILES string of the molecule is CCCNC(CCC(C)(C)C)c1snnc1CCC. The van der Waals surface area contributed by atoms with Crippen LogP contribution in [0.4, 0.5) is 0 Å². The summed E-state index contributed by atoms with van der Waals surface area (Å²) in [6, 6.07) is 0.431. The average Bonchev–Trinajstić information content (AvgIpc) is 2.77. The molecule has 0 spiro atoms. The van der Waals surface area contributed by atoms with Gasteiger partial charge in [-0.3, -0.25) is 0 Å². The summed E-state index contributed by atoms with van der Waals surface area (Å²) in [5, 5.41) is 7.98. The van der Waals surface area contributed by atoms with Gasteiger partial charge in [0.15, 0.2) is 0 Å². The molecular weight excluding hydrogens is 254 g/mol. The lowest BCUT2D eigenvalue weighted by Crippen LogP contribution is -2.24. The van der Waals surface area contributed by atoms with Crippen LogP contribution in [0.3, 0.4) is 0 Å². The van der Waals surface area contributed by atoms with E-state index < -0.39 is 0 Å². The van der Waals surface area contributed by atoms with Gasteiger partial charge in [0.05, 0.1) is 10.6 Å². The first-order valence-corrected chi connectivity index (χ1v) is 8.29. The van der Waals surface area contributed by atoms with Crippen LogP contribution in [-0.2, 0) is 6.42 Å². The molecule has 0 saturated heterocycles. The highest BCUT2D eigenvalue weighted by molar-refractivity contribution is 7.05. The van der Waals surface area contributed by atoms with E-state index in [1.54, 1.807) is 11.5 Å². The van der Waals surface area contributed by atoms with Gasteiger partial charge in [0.25, 0.3) is 0 Å². The van der Waals surface area contributed by atoms with Crippen molar-refractivity contribution < 1.29 is 0 Å². The molecule has 1 unspecified atom stereocenters. The molecule has 1 aromatic rings. The fraction of sp³-hybridized carbons (Fsp3) is 0.867. The van der Waals surface area contributed by atoms with E-state index >= 15 is 0 Å². The Balaban J connectivity index is 2.74. The molecular formula is C15H29N3S. The standard InChI is InChI=1S/C15H29N3S/c1-6-8-13-14(19-18-17-13)12(16-11-7-2)9-10-15(3,4)5/h12,16H,6-11H2,1-5H3. The van der Waals surface area contributed by atoms with Crippen LogP contribution in [0.2, 0.25) is 0 Å². The first-order valence-electron chi connectivity index (χ1n) is 7.52. The Kier molecular flexibility index (Phi) is 6.94. The first kappa shape index (κ1) is 16.6. The van der Waals surface area contributed by atoms with Crippen LogP contribution in [0.1, 0.15) is 76.9 Å². The number of nitrogens with zero attached hydrogens (tertiary/aromatic N) is 2. The Labute approximate surface area is 122 Å². The lowest BCUT2D eigenvalue weighted by Gasteiger charge is -2.23. The second-order valence-electron chi connectivity index (χ2n) is 6.44. The molecule has 0 saturated carbocycles. The minimum atomic E-state index is 0.384. The molecule has 0 fully saturated rings. The molecule has 0 bridgehead atoms. The minimum absolute atomic E-state index is 0.384. The highest BCUT2D eigenvalue weighted by Crippen LogP contribution is 2.30. The maximum absolute atomic E-state index is 4.31. The summed E-state index contributed by atoms with van der Waals surface area (Å²) in [5.74, 6) is 0. The Hall–Kier alpha value is -0.480. The third-order valence-corrected chi connectivity index (χ3v) is 4.09. The summed E-state index contributed by atoms with van der Waals surface area (Å²) in [6.07, 6.45) is 5.74. The van der Waals surface area contributed by atoms with Crippen molar-refractivity contribution in [2.75, 3.05) is 6.54 Å². The minimum Gasteiger partial charge on any atom is -0.309 e. The summed E-state index contributed by atoms with van der Waals surface area (Å²) < 4.78 is 4.17. The van der Waals surface area contributed by atoms with E-state index in [4.69, 9.17) is 0 Å². The van der Waals surface area contributed by atoms with E-state index in [1.807, 2.05) is 0 Å². The highest BCUT2D eigenvalue weighted by atomic mass is 32.1. The Morgan fingerprint density at radius 2 is 1.95 bits per heavy atom. The largest absolute Gasteiger partial charge is 0.309 e. The van der Waals surface area contributed by atoms with Crippen LogP contribution in [-0.4, -0.2) is 16.1 Å². The molecule has 0 aliphatic rings. The van der Waals surface area contributed by atoms with Gasteiger partial charge >= 0.3 is 0 Å². The van der Waals surface area contributed by atoms with Gasteiger partial charge in [-0.1, -0.05) is 45.5 Å². The molecule has 3 nitrogen and oxygen atoms in total. The number of rotatable bonds is 8. The van der Waals surface area contributed by atoms with Crippen molar-refractivity contribution in [1.82, 2.24) is 14.9 Å². The van der Waals surface area contributed by atoms with Crippen molar-refractivity contribution in [3.63, 3.8) is 0 Å². The zero-order valence-electron chi connectivity index (χ0n) is 13.1. The summed E-state index contributed by atoms with van der Waals surface area (Å²) in [4.78, 5) is 1.36. The normalized spacial score (nSPS) is 13.7. The molecule has 1 heterocycles. The molecule has 1 aromatic heterocycles. The maximum atomic E-state index is 4.31. The summed E-state index contributed by atoms with van der Waals surface area (Å²) in [5.41, 5.74) is 1.59. The van der Waals surface area contributed by atoms with E-state index in [2.05, 4.69) is 49.5 Å². The van der Waals surface area contributed by atoms with E-state index in [-0.39, 0.29) is 0 Å². The van der Waals surface area contributed by atoms with Crippen molar-refractivity contribution in [3.05, 3.63) is 10.6 Å². The Morgan fingerprint density at radius 3 is 2.53 bits per heavy atom. The van der Waals surface area contributed by atoms with Crippen LogP contribution in [0.15, 0.2) is 0 Å². The van der Waals surface area contributed by atoms with Crippen molar-refractivity contribution >= 4 is 11.5 Å². The van der Waals surface area contributed by atoms with Crippen molar-refractivity contribution in [1.29, 1.82) is 0 Å². The number of nitrogens with one attached hydrogen (secondary N) is 1. The van der Waals surface area contributed by atoms with Crippen LogP contribution in [0.5, 0.6) is 0 Å².